The number of thiophene rings is 1. The summed E-state index contributed by atoms with van der Waals surface area (Å²) in [6.45, 7) is 5.25. The minimum Gasteiger partial charge on any atom is -0.459 e. The van der Waals surface area contributed by atoms with Gasteiger partial charge < -0.3 is 10.5 Å². The summed E-state index contributed by atoms with van der Waals surface area (Å²) in [5.74, 6) is -0.774. The van der Waals surface area contributed by atoms with E-state index in [0.717, 1.165) is 0 Å². The Balaban J connectivity index is 2.57. The van der Waals surface area contributed by atoms with E-state index in [4.69, 9.17) is 22.1 Å². The highest BCUT2D eigenvalue weighted by atomic mass is 35.5. The molecule has 0 saturated carbocycles. The Morgan fingerprint density at radius 2 is 2.06 bits per heavy atom. The lowest BCUT2D eigenvalue weighted by Crippen LogP contribution is -2.38. The maximum atomic E-state index is 11.8. The summed E-state index contributed by atoms with van der Waals surface area (Å²) in [6.07, 6.45) is -0.0776. The van der Waals surface area contributed by atoms with E-state index in [1.165, 1.54) is 11.3 Å². The quantitative estimate of drug-likeness (QED) is 0.683. The van der Waals surface area contributed by atoms with Crippen molar-refractivity contribution in [3.63, 3.8) is 0 Å². The Morgan fingerprint density at radius 1 is 1.44 bits per heavy atom. The third kappa shape index (κ3) is 4.76. The first-order valence-corrected chi connectivity index (χ1v) is 6.65. The molecule has 4 nitrogen and oxygen atoms in total. The number of rotatable bonds is 4. The predicted molar refractivity (Wildman–Crippen MR) is 72.1 cm³/mol. The smallest absolute Gasteiger partial charge is 0.323 e. The second-order valence-electron chi connectivity index (χ2n) is 4.87. The molecule has 1 aromatic heterocycles. The monoisotopic (exact) mass is 289 g/mol. The average Bonchev–Trinajstić information content (AvgIpc) is 2.62. The molecule has 1 atom stereocenters. The van der Waals surface area contributed by atoms with Crippen molar-refractivity contribution >= 4 is 34.7 Å². The van der Waals surface area contributed by atoms with Crippen molar-refractivity contribution in [2.24, 2.45) is 5.73 Å². The highest BCUT2D eigenvalue weighted by Gasteiger charge is 2.25. The minimum atomic E-state index is -0.947. The van der Waals surface area contributed by atoms with Crippen molar-refractivity contribution in [1.29, 1.82) is 0 Å². The molecule has 0 amide bonds. The highest BCUT2D eigenvalue weighted by molar-refractivity contribution is 7.18. The van der Waals surface area contributed by atoms with Crippen molar-refractivity contribution in [2.45, 2.75) is 38.8 Å². The third-order valence-corrected chi connectivity index (χ3v) is 3.24. The zero-order chi connectivity index (χ0) is 13.9. The topological polar surface area (TPSA) is 69.4 Å². The normalized spacial score (nSPS) is 13.2. The van der Waals surface area contributed by atoms with Crippen LogP contribution in [0.5, 0.6) is 0 Å². The van der Waals surface area contributed by atoms with Crippen LogP contribution in [-0.2, 0) is 9.53 Å². The molecule has 0 radical (unpaired) electrons. The molecular formula is C12H16ClNO3S. The summed E-state index contributed by atoms with van der Waals surface area (Å²) in [4.78, 5) is 23.9. The van der Waals surface area contributed by atoms with Gasteiger partial charge in [-0.25, -0.2) is 0 Å². The molecule has 1 rings (SSSR count). The summed E-state index contributed by atoms with van der Waals surface area (Å²) < 4.78 is 5.63. The fraction of sp³-hybridized carbons (Fsp3) is 0.500. The first-order chi connectivity index (χ1) is 8.19. The molecule has 1 heterocycles. The van der Waals surface area contributed by atoms with Gasteiger partial charge in [0.05, 0.1) is 9.21 Å². The second-order valence-corrected chi connectivity index (χ2v) is 6.59. The summed E-state index contributed by atoms with van der Waals surface area (Å²) in [5.41, 5.74) is 5.04. The Kier molecular flexibility index (Phi) is 4.90. The molecule has 2 N–H and O–H groups in total. The van der Waals surface area contributed by atoms with E-state index in [2.05, 4.69) is 0 Å². The Morgan fingerprint density at radius 3 is 2.50 bits per heavy atom. The van der Waals surface area contributed by atoms with E-state index in [1.54, 1.807) is 32.9 Å². The lowest BCUT2D eigenvalue weighted by molar-refractivity contribution is -0.156. The van der Waals surface area contributed by atoms with Crippen LogP contribution in [-0.4, -0.2) is 23.4 Å². The Bertz CT molecular complexity index is 450. The highest BCUT2D eigenvalue weighted by Crippen LogP contribution is 2.23. The largest absolute Gasteiger partial charge is 0.459 e. The number of hydrogen-bond acceptors (Lipinski definition) is 5. The molecule has 0 aliphatic rings. The summed E-state index contributed by atoms with van der Waals surface area (Å²) in [5, 5.41) is 0. The molecule has 0 fully saturated rings. The van der Waals surface area contributed by atoms with Crippen LogP contribution in [0.15, 0.2) is 12.1 Å². The lowest BCUT2D eigenvalue weighted by atomic mass is 10.1. The van der Waals surface area contributed by atoms with Gasteiger partial charge in [-0.1, -0.05) is 11.6 Å². The maximum absolute atomic E-state index is 11.8. The molecular weight excluding hydrogens is 274 g/mol. The minimum absolute atomic E-state index is 0.0776. The molecule has 0 aliphatic carbocycles. The zero-order valence-corrected chi connectivity index (χ0v) is 12.1. The van der Waals surface area contributed by atoms with E-state index in [0.29, 0.717) is 9.21 Å². The summed E-state index contributed by atoms with van der Waals surface area (Å²) in [7, 11) is 0. The van der Waals surface area contributed by atoms with Crippen LogP contribution in [0, 0.1) is 0 Å². The van der Waals surface area contributed by atoms with Gasteiger partial charge in [-0.3, -0.25) is 9.59 Å². The third-order valence-electron chi connectivity index (χ3n) is 1.96. The fourth-order valence-electron chi connectivity index (χ4n) is 1.23. The van der Waals surface area contributed by atoms with Gasteiger partial charge >= 0.3 is 5.97 Å². The number of ether oxygens (including phenoxy) is 1. The van der Waals surface area contributed by atoms with Gasteiger partial charge in [0.25, 0.3) is 0 Å². The van der Waals surface area contributed by atoms with E-state index in [-0.39, 0.29) is 12.2 Å². The van der Waals surface area contributed by atoms with Gasteiger partial charge in [0.2, 0.25) is 0 Å². The van der Waals surface area contributed by atoms with E-state index in [9.17, 15) is 9.59 Å². The van der Waals surface area contributed by atoms with Crippen molar-refractivity contribution in [1.82, 2.24) is 0 Å². The van der Waals surface area contributed by atoms with Gasteiger partial charge in [0.15, 0.2) is 5.78 Å². The van der Waals surface area contributed by atoms with Gasteiger partial charge in [-0.05, 0) is 32.9 Å². The molecule has 0 saturated heterocycles. The first-order valence-electron chi connectivity index (χ1n) is 5.46. The average molecular weight is 290 g/mol. The number of esters is 1. The van der Waals surface area contributed by atoms with E-state index in [1.807, 2.05) is 0 Å². The van der Waals surface area contributed by atoms with Crippen LogP contribution in [0.1, 0.15) is 36.9 Å². The Hall–Kier alpha value is -0.910. The molecule has 6 heteroatoms. The summed E-state index contributed by atoms with van der Waals surface area (Å²) >= 11 is 6.91. The first kappa shape index (κ1) is 15.1. The van der Waals surface area contributed by atoms with Crippen molar-refractivity contribution in [3.05, 3.63) is 21.3 Å². The van der Waals surface area contributed by atoms with E-state index < -0.39 is 17.6 Å². The van der Waals surface area contributed by atoms with Crippen LogP contribution in [0.3, 0.4) is 0 Å². The van der Waals surface area contributed by atoms with Crippen molar-refractivity contribution in [2.75, 3.05) is 0 Å². The number of carbonyl (C=O) groups excluding carboxylic acids is 2. The molecule has 1 unspecified atom stereocenters. The second kappa shape index (κ2) is 5.82. The van der Waals surface area contributed by atoms with Gasteiger partial charge in [0.1, 0.15) is 11.6 Å². The lowest BCUT2D eigenvalue weighted by Gasteiger charge is -2.21. The van der Waals surface area contributed by atoms with Gasteiger partial charge in [0, 0.05) is 6.42 Å². The number of Topliss-reactive ketones (excluding diaryl/α,β-unsaturated/α-hetero) is 1. The van der Waals surface area contributed by atoms with Crippen LogP contribution in [0.25, 0.3) is 0 Å². The molecule has 0 bridgehead atoms. The molecule has 0 aliphatic heterocycles. The molecule has 100 valence electrons. The molecule has 18 heavy (non-hydrogen) atoms. The molecule has 1 aromatic rings. The molecule has 0 aromatic carbocycles. The van der Waals surface area contributed by atoms with Crippen LogP contribution in [0.2, 0.25) is 4.34 Å². The SMILES string of the molecule is CC(C)(C)OC(=O)C(N)CC(=O)c1ccc(Cl)s1. The summed E-state index contributed by atoms with van der Waals surface area (Å²) in [6, 6.07) is 2.31. The fourth-order valence-corrected chi connectivity index (χ4v) is 2.22. The Labute approximate surface area is 115 Å². The number of ketones is 1. The van der Waals surface area contributed by atoms with Crippen LogP contribution >= 0.6 is 22.9 Å². The van der Waals surface area contributed by atoms with Gasteiger partial charge in [-0.15, -0.1) is 11.3 Å². The van der Waals surface area contributed by atoms with E-state index >= 15 is 0 Å². The van der Waals surface area contributed by atoms with Crippen LogP contribution in [0.4, 0.5) is 0 Å². The van der Waals surface area contributed by atoms with Crippen molar-refractivity contribution in [3.8, 4) is 0 Å². The number of hydrogen-bond donors (Lipinski definition) is 1. The number of carbonyl (C=O) groups is 2. The standard InChI is InChI=1S/C12H16ClNO3S/c1-12(2,3)17-11(16)7(14)6-8(15)9-4-5-10(13)18-9/h4-5,7H,6,14H2,1-3H3. The number of nitrogens with two attached hydrogens (primary N) is 1. The maximum Gasteiger partial charge on any atom is 0.323 e. The zero-order valence-electron chi connectivity index (χ0n) is 10.5. The molecule has 0 spiro atoms. The van der Waals surface area contributed by atoms with Crippen molar-refractivity contribution < 1.29 is 14.3 Å². The van der Waals surface area contributed by atoms with Gasteiger partial charge in [-0.2, -0.15) is 0 Å². The number of halogens is 1. The van der Waals surface area contributed by atoms with Crippen LogP contribution < -0.4 is 5.73 Å². The predicted octanol–water partition coefficient (Wildman–Crippen LogP) is 2.64.